The van der Waals surface area contributed by atoms with E-state index in [1.165, 1.54) is 19.2 Å². The van der Waals surface area contributed by atoms with Gasteiger partial charge in [0, 0.05) is 13.2 Å². The number of sulfonamides is 1. The summed E-state index contributed by atoms with van der Waals surface area (Å²) in [5.74, 6) is -1.04. The van der Waals surface area contributed by atoms with E-state index < -0.39 is 27.9 Å². The van der Waals surface area contributed by atoms with Crippen molar-refractivity contribution in [1.82, 2.24) is 14.6 Å². The number of nitriles is 1. The lowest BCUT2D eigenvalue weighted by Crippen LogP contribution is -2.40. The molecule has 1 aliphatic rings. The van der Waals surface area contributed by atoms with Crippen molar-refractivity contribution in [2.24, 2.45) is 0 Å². The highest BCUT2D eigenvalue weighted by atomic mass is 32.2. The van der Waals surface area contributed by atoms with Gasteiger partial charge in [0.15, 0.2) is 0 Å². The monoisotopic (exact) mass is 294 g/mol. The molecule has 0 radical (unpaired) electrons. The third-order valence-corrected chi connectivity index (χ3v) is 4.30. The Hall–Kier alpha value is -2.31. The molecule has 0 bridgehead atoms. The quantitative estimate of drug-likeness (QED) is 0.713. The van der Waals surface area contributed by atoms with Crippen LogP contribution in [0.15, 0.2) is 23.2 Å². The maximum absolute atomic E-state index is 12.0. The van der Waals surface area contributed by atoms with E-state index in [9.17, 15) is 18.0 Å². The number of amides is 2. The minimum Gasteiger partial charge on any atom is -0.284 e. The van der Waals surface area contributed by atoms with Gasteiger partial charge in [-0.15, -0.1) is 0 Å². The van der Waals surface area contributed by atoms with Gasteiger partial charge in [-0.2, -0.15) is 9.98 Å². The molecule has 9 heteroatoms. The molecule has 1 aliphatic heterocycles. The molecule has 1 N–H and O–H groups in total. The molecule has 20 heavy (non-hydrogen) atoms. The molecule has 0 aliphatic carbocycles. The molecule has 0 aromatic carbocycles. The van der Waals surface area contributed by atoms with Gasteiger partial charge in [0.2, 0.25) is 21.8 Å². The second-order valence-corrected chi connectivity index (χ2v) is 5.87. The van der Waals surface area contributed by atoms with Gasteiger partial charge in [-0.25, -0.2) is 13.4 Å². The number of carbonyl (C=O) groups is 2. The zero-order valence-corrected chi connectivity index (χ0v) is 11.2. The van der Waals surface area contributed by atoms with Crippen LogP contribution in [0.25, 0.3) is 0 Å². The number of imide groups is 1. The first kappa shape index (κ1) is 14.1. The zero-order valence-electron chi connectivity index (χ0n) is 10.4. The highest BCUT2D eigenvalue weighted by Gasteiger charge is 2.38. The summed E-state index contributed by atoms with van der Waals surface area (Å²) in [5, 5.41) is 8.59. The molecule has 0 saturated carbocycles. The van der Waals surface area contributed by atoms with Gasteiger partial charge in [-0.3, -0.25) is 14.5 Å². The molecule has 1 aromatic heterocycles. The van der Waals surface area contributed by atoms with Crippen LogP contribution in [0.3, 0.4) is 0 Å². The van der Waals surface area contributed by atoms with Crippen LogP contribution in [0.4, 0.5) is 0 Å². The summed E-state index contributed by atoms with van der Waals surface area (Å²) in [4.78, 5) is 27.3. The highest BCUT2D eigenvalue weighted by molar-refractivity contribution is 7.89. The Kier molecular flexibility index (Phi) is 3.52. The lowest BCUT2D eigenvalue weighted by Gasteiger charge is -2.11. The van der Waals surface area contributed by atoms with E-state index in [0.29, 0.717) is 0 Å². The minimum atomic E-state index is -3.97. The first-order chi connectivity index (χ1) is 9.35. The average Bonchev–Trinajstić information content (AvgIpc) is 2.66. The Labute approximate surface area is 115 Å². The number of nitrogens with zero attached hydrogens (tertiary/aromatic N) is 3. The number of hydrogen-bond acceptors (Lipinski definition) is 6. The van der Waals surface area contributed by atoms with E-state index >= 15 is 0 Å². The van der Waals surface area contributed by atoms with Crippen LogP contribution in [0, 0.1) is 11.3 Å². The number of rotatable bonds is 3. The number of pyridine rings is 1. The maximum atomic E-state index is 12.0. The first-order valence-corrected chi connectivity index (χ1v) is 7.02. The van der Waals surface area contributed by atoms with Crippen LogP contribution >= 0.6 is 0 Å². The predicted molar refractivity (Wildman–Crippen MR) is 65.5 cm³/mol. The number of nitrogens with one attached hydrogen (secondary N) is 1. The van der Waals surface area contributed by atoms with Gasteiger partial charge in [0.05, 0.1) is 6.42 Å². The second kappa shape index (κ2) is 4.99. The van der Waals surface area contributed by atoms with Crippen LogP contribution in [0.1, 0.15) is 12.1 Å². The van der Waals surface area contributed by atoms with Crippen molar-refractivity contribution in [3.63, 3.8) is 0 Å². The summed E-state index contributed by atoms with van der Waals surface area (Å²) in [6.07, 6.45) is 0.810. The van der Waals surface area contributed by atoms with E-state index in [0.717, 1.165) is 11.1 Å². The lowest BCUT2D eigenvalue weighted by molar-refractivity contribution is -0.137. The summed E-state index contributed by atoms with van der Waals surface area (Å²) in [6.45, 7) is 0. The fourth-order valence-electron chi connectivity index (χ4n) is 1.71. The predicted octanol–water partition coefficient (Wildman–Crippen LogP) is -1.01. The second-order valence-electron chi connectivity index (χ2n) is 4.16. The van der Waals surface area contributed by atoms with Crippen molar-refractivity contribution in [1.29, 1.82) is 5.26 Å². The molecular formula is C11H10N4O4S. The van der Waals surface area contributed by atoms with Crippen molar-refractivity contribution >= 4 is 21.8 Å². The molecule has 1 unspecified atom stereocenters. The standard InChI is InChI=1S/C11H10N4O4S/c1-15-10(16)4-9(11(15)17)14-20(18,19)8-3-2-7(5-12)13-6-8/h2-3,6,9,14H,4H2,1H3. The average molecular weight is 294 g/mol. The summed E-state index contributed by atoms with van der Waals surface area (Å²) in [5.41, 5.74) is 0.0794. The highest BCUT2D eigenvalue weighted by Crippen LogP contribution is 2.15. The molecule has 2 rings (SSSR count). The number of likely N-dealkylation sites (N-methyl/N-ethyl adjacent to an activating group) is 1. The Balaban J connectivity index is 2.22. The fraction of sp³-hybridized carbons (Fsp3) is 0.273. The molecule has 1 aromatic rings. The lowest BCUT2D eigenvalue weighted by atomic mass is 10.3. The Morgan fingerprint density at radius 2 is 2.15 bits per heavy atom. The third kappa shape index (κ3) is 2.52. The summed E-state index contributed by atoms with van der Waals surface area (Å²) >= 11 is 0. The summed E-state index contributed by atoms with van der Waals surface area (Å²) in [7, 11) is -2.68. The molecule has 104 valence electrons. The van der Waals surface area contributed by atoms with Gasteiger partial charge in [-0.1, -0.05) is 0 Å². The Morgan fingerprint density at radius 1 is 1.45 bits per heavy atom. The van der Waals surface area contributed by atoms with Crippen LogP contribution < -0.4 is 4.72 Å². The maximum Gasteiger partial charge on any atom is 0.247 e. The molecule has 1 atom stereocenters. The SMILES string of the molecule is CN1C(=O)CC(NS(=O)(=O)c2ccc(C#N)nc2)C1=O. The Morgan fingerprint density at radius 3 is 2.60 bits per heavy atom. The molecule has 1 fully saturated rings. The van der Waals surface area contributed by atoms with E-state index in [4.69, 9.17) is 5.26 Å². The molecule has 0 spiro atoms. The van der Waals surface area contributed by atoms with E-state index in [2.05, 4.69) is 9.71 Å². The smallest absolute Gasteiger partial charge is 0.247 e. The van der Waals surface area contributed by atoms with Gasteiger partial charge in [-0.05, 0) is 12.1 Å². The van der Waals surface area contributed by atoms with Gasteiger partial charge >= 0.3 is 0 Å². The van der Waals surface area contributed by atoms with Gasteiger partial charge in [0.25, 0.3) is 0 Å². The Bertz CT molecular complexity index is 705. The first-order valence-electron chi connectivity index (χ1n) is 5.54. The topological polar surface area (TPSA) is 120 Å². The molecule has 8 nitrogen and oxygen atoms in total. The van der Waals surface area contributed by atoms with Crippen LogP contribution in [-0.4, -0.2) is 43.2 Å². The zero-order chi connectivity index (χ0) is 14.9. The number of hydrogen-bond donors (Lipinski definition) is 1. The van der Waals surface area contributed by atoms with E-state index in [1.54, 1.807) is 6.07 Å². The van der Waals surface area contributed by atoms with E-state index in [1.807, 2.05) is 0 Å². The van der Waals surface area contributed by atoms with Crippen LogP contribution in [-0.2, 0) is 19.6 Å². The van der Waals surface area contributed by atoms with Crippen molar-refractivity contribution in [3.05, 3.63) is 24.0 Å². The molecule has 2 amide bonds. The molecule has 1 saturated heterocycles. The summed E-state index contributed by atoms with van der Waals surface area (Å²) in [6, 6.07) is 3.12. The minimum absolute atomic E-state index is 0.0794. The van der Waals surface area contributed by atoms with Gasteiger partial charge in [0.1, 0.15) is 22.7 Å². The van der Waals surface area contributed by atoms with Crippen molar-refractivity contribution < 1.29 is 18.0 Å². The largest absolute Gasteiger partial charge is 0.284 e. The number of likely N-dealkylation sites (tertiary alicyclic amines) is 1. The van der Waals surface area contributed by atoms with E-state index in [-0.39, 0.29) is 17.0 Å². The summed E-state index contributed by atoms with van der Waals surface area (Å²) < 4.78 is 26.2. The van der Waals surface area contributed by atoms with Crippen LogP contribution in [0.5, 0.6) is 0 Å². The van der Waals surface area contributed by atoms with Crippen molar-refractivity contribution in [2.45, 2.75) is 17.4 Å². The van der Waals surface area contributed by atoms with Crippen molar-refractivity contribution in [3.8, 4) is 6.07 Å². The fourth-order valence-corrected chi connectivity index (χ4v) is 2.84. The van der Waals surface area contributed by atoms with Gasteiger partial charge < -0.3 is 0 Å². The van der Waals surface area contributed by atoms with Crippen LogP contribution in [0.2, 0.25) is 0 Å². The molecular weight excluding hydrogens is 284 g/mol. The van der Waals surface area contributed by atoms with Crippen molar-refractivity contribution in [2.75, 3.05) is 7.05 Å². The molecule has 2 heterocycles. The number of aromatic nitrogens is 1. The number of carbonyl (C=O) groups excluding carboxylic acids is 2. The normalized spacial score (nSPS) is 19.2. The third-order valence-electron chi connectivity index (χ3n) is 2.84.